The van der Waals surface area contributed by atoms with Crippen LogP contribution >= 0.6 is 11.8 Å². The summed E-state index contributed by atoms with van der Waals surface area (Å²) in [6.45, 7) is 4.98. The molecule has 8 heteroatoms. The third-order valence-electron chi connectivity index (χ3n) is 3.90. The Balaban J connectivity index is 1.58. The number of hydrogen-bond donors (Lipinski definition) is 1. The van der Waals surface area contributed by atoms with E-state index in [2.05, 4.69) is 41.9 Å². The SMILES string of the molecule is Cc1nncn1CCSc1nnc(C2CCCNC2)n1C. The zero-order valence-electron chi connectivity index (χ0n) is 12.5. The lowest BCUT2D eigenvalue weighted by Gasteiger charge is -2.21. The van der Waals surface area contributed by atoms with E-state index >= 15 is 0 Å². The molecule has 3 rings (SSSR count). The Morgan fingerprint density at radius 3 is 3.00 bits per heavy atom. The number of thioether (sulfide) groups is 1. The molecule has 0 bridgehead atoms. The molecule has 0 saturated carbocycles. The largest absolute Gasteiger partial charge is 0.317 e. The van der Waals surface area contributed by atoms with Gasteiger partial charge in [0.2, 0.25) is 0 Å². The van der Waals surface area contributed by atoms with Crippen molar-refractivity contribution in [1.29, 1.82) is 0 Å². The molecule has 0 aromatic carbocycles. The molecule has 3 heterocycles. The minimum Gasteiger partial charge on any atom is -0.317 e. The molecule has 21 heavy (non-hydrogen) atoms. The van der Waals surface area contributed by atoms with Gasteiger partial charge in [-0.2, -0.15) is 0 Å². The van der Waals surface area contributed by atoms with Crippen LogP contribution in [0, 0.1) is 6.92 Å². The third-order valence-corrected chi connectivity index (χ3v) is 4.90. The summed E-state index contributed by atoms with van der Waals surface area (Å²) in [7, 11) is 2.07. The van der Waals surface area contributed by atoms with Gasteiger partial charge in [-0.1, -0.05) is 11.8 Å². The fourth-order valence-corrected chi connectivity index (χ4v) is 3.50. The Kier molecular flexibility index (Phi) is 4.54. The lowest BCUT2D eigenvalue weighted by atomic mass is 9.99. The first-order valence-electron chi connectivity index (χ1n) is 7.33. The van der Waals surface area contributed by atoms with Crippen molar-refractivity contribution < 1.29 is 0 Å². The second-order valence-corrected chi connectivity index (χ2v) is 6.43. The van der Waals surface area contributed by atoms with Crippen LogP contribution in [0.25, 0.3) is 0 Å². The summed E-state index contributed by atoms with van der Waals surface area (Å²) in [5.41, 5.74) is 0. The minimum absolute atomic E-state index is 0.491. The molecular formula is C13H21N7S. The van der Waals surface area contributed by atoms with Crippen molar-refractivity contribution in [2.75, 3.05) is 18.8 Å². The fourth-order valence-electron chi connectivity index (χ4n) is 2.65. The Morgan fingerprint density at radius 1 is 1.38 bits per heavy atom. The molecule has 0 radical (unpaired) electrons. The predicted molar refractivity (Wildman–Crippen MR) is 81.3 cm³/mol. The van der Waals surface area contributed by atoms with Gasteiger partial charge in [0.25, 0.3) is 0 Å². The third kappa shape index (κ3) is 3.26. The van der Waals surface area contributed by atoms with Gasteiger partial charge >= 0.3 is 0 Å². The Labute approximate surface area is 128 Å². The molecule has 1 saturated heterocycles. The van der Waals surface area contributed by atoms with Crippen LogP contribution in [0.1, 0.15) is 30.4 Å². The van der Waals surface area contributed by atoms with Crippen molar-refractivity contribution in [3.8, 4) is 0 Å². The molecule has 2 aromatic rings. The summed E-state index contributed by atoms with van der Waals surface area (Å²) in [5, 5.41) is 21.0. The van der Waals surface area contributed by atoms with E-state index in [-0.39, 0.29) is 0 Å². The standard InChI is InChI=1S/C13H21N7S/c1-10-16-15-9-20(10)6-7-21-13-18-17-12(19(13)2)11-4-3-5-14-8-11/h9,11,14H,3-8H2,1-2H3. The fraction of sp³-hybridized carbons (Fsp3) is 0.692. The maximum absolute atomic E-state index is 4.39. The second-order valence-electron chi connectivity index (χ2n) is 5.36. The first-order valence-corrected chi connectivity index (χ1v) is 8.31. The van der Waals surface area contributed by atoms with Gasteiger partial charge in [0.15, 0.2) is 5.16 Å². The van der Waals surface area contributed by atoms with Crippen molar-refractivity contribution in [3.05, 3.63) is 18.0 Å². The van der Waals surface area contributed by atoms with E-state index in [9.17, 15) is 0 Å². The van der Waals surface area contributed by atoms with Gasteiger partial charge in [0.1, 0.15) is 18.0 Å². The smallest absolute Gasteiger partial charge is 0.191 e. The number of nitrogens with zero attached hydrogens (tertiary/aromatic N) is 6. The number of piperidine rings is 1. The Morgan fingerprint density at radius 2 is 2.29 bits per heavy atom. The van der Waals surface area contributed by atoms with Crippen LogP contribution in [0.5, 0.6) is 0 Å². The van der Waals surface area contributed by atoms with E-state index in [1.54, 1.807) is 18.1 Å². The first-order chi connectivity index (χ1) is 10.3. The highest BCUT2D eigenvalue weighted by Crippen LogP contribution is 2.24. The van der Waals surface area contributed by atoms with Crippen LogP contribution in [0.3, 0.4) is 0 Å². The Bertz CT molecular complexity index is 585. The van der Waals surface area contributed by atoms with Crippen molar-refractivity contribution in [3.63, 3.8) is 0 Å². The average molecular weight is 307 g/mol. The molecule has 0 amide bonds. The van der Waals surface area contributed by atoms with E-state index in [1.165, 1.54) is 12.8 Å². The maximum atomic E-state index is 4.39. The molecule has 1 N–H and O–H groups in total. The molecule has 1 aliphatic rings. The molecule has 1 atom stereocenters. The normalized spacial score (nSPS) is 19.0. The average Bonchev–Trinajstić information content (AvgIpc) is 3.07. The molecular weight excluding hydrogens is 286 g/mol. The first kappa shape index (κ1) is 14.5. The topological polar surface area (TPSA) is 73.4 Å². The molecule has 1 aliphatic heterocycles. The van der Waals surface area contributed by atoms with Gasteiger partial charge in [-0.25, -0.2) is 0 Å². The van der Waals surface area contributed by atoms with Gasteiger partial charge in [-0.3, -0.25) is 0 Å². The minimum atomic E-state index is 0.491. The molecule has 0 aliphatic carbocycles. The monoisotopic (exact) mass is 307 g/mol. The van der Waals surface area contributed by atoms with Crippen molar-refractivity contribution in [1.82, 2.24) is 34.8 Å². The number of aromatic nitrogens is 6. The molecule has 0 spiro atoms. The number of hydrogen-bond acceptors (Lipinski definition) is 6. The quantitative estimate of drug-likeness (QED) is 0.830. The van der Waals surface area contributed by atoms with Gasteiger partial charge < -0.3 is 14.5 Å². The lowest BCUT2D eigenvalue weighted by Crippen LogP contribution is -2.29. The zero-order valence-corrected chi connectivity index (χ0v) is 13.3. The van der Waals surface area contributed by atoms with Crippen molar-refractivity contribution in [2.24, 2.45) is 7.05 Å². The van der Waals surface area contributed by atoms with Gasteiger partial charge in [-0.15, -0.1) is 20.4 Å². The van der Waals surface area contributed by atoms with Crippen LogP contribution in [0.2, 0.25) is 0 Å². The molecule has 2 aromatic heterocycles. The second kappa shape index (κ2) is 6.57. The van der Waals surface area contributed by atoms with Crippen LogP contribution in [-0.2, 0) is 13.6 Å². The zero-order chi connectivity index (χ0) is 14.7. The number of rotatable bonds is 5. The summed E-state index contributed by atoms with van der Waals surface area (Å²) in [5.74, 6) is 3.48. The summed E-state index contributed by atoms with van der Waals surface area (Å²) in [6.07, 6.45) is 4.18. The van der Waals surface area contributed by atoms with Gasteiger partial charge in [0.05, 0.1) is 0 Å². The molecule has 1 fully saturated rings. The summed E-state index contributed by atoms with van der Waals surface area (Å²) >= 11 is 1.73. The molecule has 7 nitrogen and oxygen atoms in total. The predicted octanol–water partition coefficient (Wildman–Crippen LogP) is 0.974. The van der Waals surface area contributed by atoms with E-state index in [0.717, 1.165) is 42.2 Å². The van der Waals surface area contributed by atoms with Crippen molar-refractivity contribution in [2.45, 2.75) is 37.4 Å². The van der Waals surface area contributed by atoms with Crippen molar-refractivity contribution >= 4 is 11.8 Å². The lowest BCUT2D eigenvalue weighted by molar-refractivity contribution is 0.436. The number of nitrogens with one attached hydrogen (secondary N) is 1. The highest BCUT2D eigenvalue weighted by atomic mass is 32.2. The highest BCUT2D eigenvalue weighted by Gasteiger charge is 2.21. The number of aryl methyl sites for hydroxylation is 2. The summed E-state index contributed by atoms with van der Waals surface area (Å²) in [4.78, 5) is 0. The molecule has 1 unspecified atom stereocenters. The van der Waals surface area contributed by atoms with Crippen LogP contribution in [0.4, 0.5) is 0 Å². The van der Waals surface area contributed by atoms with Crippen LogP contribution in [0.15, 0.2) is 11.5 Å². The van der Waals surface area contributed by atoms with E-state index < -0.39 is 0 Å². The molecule has 114 valence electrons. The van der Waals surface area contributed by atoms with Gasteiger partial charge in [-0.05, 0) is 26.3 Å². The van der Waals surface area contributed by atoms with E-state index in [4.69, 9.17) is 0 Å². The maximum Gasteiger partial charge on any atom is 0.191 e. The van der Waals surface area contributed by atoms with Crippen LogP contribution in [-0.4, -0.2) is 48.4 Å². The van der Waals surface area contributed by atoms with Gasteiger partial charge in [0, 0.05) is 31.8 Å². The van der Waals surface area contributed by atoms with E-state index in [1.807, 2.05) is 6.92 Å². The van der Waals surface area contributed by atoms with E-state index in [0.29, 0.717) is 5.92 Å². The summed E-state index contributed by atoms with van der Waals surface area (Å²) < 4.78 is 4.19. The highest BCUT2D eigenvalue weighted by molar-refractivity contribution is 7.99. The van der Waals surface area contributed by atoms with Crippen LogP contribution < -0.4 is 5.32 Å². The summed E-state index contributed by atoms with van der Waals surface area (Å²) in [6, 6.07) is 0. The Hall–Kier alpha value is -1.41.